The predicted molar refractivity (Wildman–Crippen MR) is 57.4 cm³/mol. The van der Waals surface area contributed by atoms with E-state index in [1.807, 2.05) is 0 Å². The summed E-state index contributed by atoms with van der Waals surface area (Å²) in [7, 11) is 0. The number of rotatable bonds is 4. The molecule has 0 aliphatic rings. The highest BCUT2D eigenvalue weighted by molar-refractivity contribution is 5.95. The largest absolute Gasteiger partial charge is 0.506 e. The first-order valence-corrected chi connectivity index (χ1v) is 4.61. The first-order valence-electron chi connectivity index (χ1n) is 4.61. The number of benzene rings is 1. The van der Waals surface area contributed by atoms with E-state index < -0.39 is 5.97 Å². The number of carbonyl (C=O) groups excluding carboxylic acids is 1. The minimum atomic E-state index is -1.13. The van der Waals surface area contributed by atoms with Crippen LogP contribution < -0.4 is 11.1 Å². The highest BCUT2D eigenvalue weighted by Gasteiger charge is 2.09. The van der Waals surface area contributed by atoms with Gasteiger partial charge in [-0.15, -0.1) is 0 Å². The Balaban J connectivity index is 2.90. The molecule has 1 amide bonds. The van der Waals surface area contributed by atoms with E-state index in [-0.39, 0.29) is 35.9 Å². The number of aromatic hydroxyl groups is 1. The van der Waals surface area contributed by atoms with Gasteiger partial charge < -0.3 is 21.3 Å². The summed E-state index contributed by atoms with van der Waals surface area (Å²) in [6.45, 7) is 0.186. The van der Waals surface area contributed by atoms with Crippen LogP contribution in [0, 0.1) is 0 Å². The van der Waals surface area contributed by atoms with E-state index in [9.17, 15) is 14.7 Å². The van der Waals surface area contributed by atoms with E-state index in [0.29, 0.717) is 0 Å². The van der Waals surface area contributed by atoms with E-state index in [0.717, 1.165) is 0 Å². The van der Waals surface area contributed by atoms with Gasteiger partial charge in [-0.2, -0.15) is 0 Å². The number of phenolic OH excluding ortho intramolecular Hbond substituents is 1. The molecule has 0 spiro atoms. The van der Waals surface area contributed by atoms with Gasteiger partial charge in [-0.25, -0.2) is 4.79 Å². The lowest BCUT2D eigenvalue weighted by Crippen LogP contribution is -2.16. The lowest BCUT2D eigenvalue weighted by Gasteiger charge is -2.07. The van der Waals surface area contributed by atoms with E-state index in [1.165, 1.54) is 18.2 Å². The van der Waals surface area contributed by atoms with Crippen molar-refractivity contribution in [3.05, 3.63) is 23.8 Å². The van der Waals surface area contributed by atoms with Gasteiger partial charge in [-0.3, -0.25) is 4.79 Å². The SMILES string of the molecule is NCCC(=O)Nc1cc(C(=O)O)ccc1O. The maximum Gasteiger partial charge on any atom is 0.335 e. The van der Waals surface area contributed by atoms with Gasteiger partial charge in [0.15, 0.2) is 0 Å². The van der Waals surface area contributed by atoms with E-state index in [1.54, 1.807) is 0 Å². The number of phenols is 1. The zero-order chi connectivity index (χ0) is 12.1. The number of anilines is 1. The van der Waals surface area contributed by atoms with Crippen LogP contribution in [0.25, 0.3) is 0 Å². The molecule has 1 aromatic rings. The first kappa shape index (κ1) is 12.0. The molecule has 0 heterocycles. The highest BCUT2D eigenvalue weighted by Crippen LogP contribution is 2.24. The van der Waals surface area contributed by atoms with Crippen molar-refractivity contribution in [2.75, 3.05) is 11.9 Å². The molecule has 0 aliphatic carbocycles. The molecule has 0 aromatic heterocycles. The van der Waals surface area contributed by atoms with Crippen LogP contribution in [0.1, 0.15) is 16.8 Å². The number of hydrogen-bond acceptors (Lipinski definition) is 4. The number of amides is 1. The molecule has 0 radical (unpaired) electrons. The minimum absolute atomic E-state index is 0.0131. The smallest absolute Gasteiger partial charge is 0.335 e. The van der Waals surface area contributed by atoms with Crippen LogP contribution >= 0.6 is 0 Å². The minimum Gasteiger partial charge on any atom is -0.506 e. The number of carboxylic acids is 1. The average Bonchev–Trinajstić information content (AvgIpc) is 2.21. The van der Waals surface area contributed by atoms with Crippen LogP contribution in [-0.2, 0) is 4.79 Å². The van der Waals surface area contributed by atoms with E-state index in [4.69, 9.17) is 10.8 Å². The van der Waals surface area contributed by atoms with Crippen molar-refractivity contribution >= 4 is 17.6 Å². The van der Waals surface area contributed by atoms with Gasteiger partial charge in [0.1, 0.15) is 5.75 Å². The van der Waals surface area contributed by atoms with Crippen molar-refractivity contribution < 1.29 is 19.8 Å². The maximum absolute atomic E-state index is 11.2. The summed E-state index contributed by atoms with van der Waals surface area (Å²) in [5.41, 5.74) is 5.24. The predicted octanol–water partition coefficient (Wildman–Crippen LogP) is 0.378. The van der Waals surface area contributed by atoms with Crippen LogP contribution in [0.2, 0.25) is 0 Å². The van der Waals surface area contributed by atoms with Crippen molar-refractivity contribution in [1.82, 2.24) is 0 Å². The maximum atomic E-state index is 11.2. The van der Waals surface area contributed by atoms with Gasteiger partial charge in [0, 0.05) is 13.0 Å². The molecule has 0 aliphatic heterocycles. The molecule has 0 saturated heterocycles. The Morgan fingerprint density at radius 2 is 2.06 bits per heavy atom. The molecule has 6 heteroatoms. The monoisotopic (exact) mass is 224 g/mol. The van der Waals surface area contributed by atoms with Crippen LogP contribution in [-0.4, -0.2) is 28.6 Å². The fraction of sp³-hybridized carbons (Fsp3) is 0.200. The molecule has 0 bridgehead atoms. The van der Waals surface area contributed by atoms with Crippen molar-refractivity contribution in [1.29, 1.82) is 0 Å². The molecule has 0 atom stereocenters. The Kier molecular flexibility index (Phi) is 3.84. The van der Waals surface area contributed by atoms with Gasteiger partial charge >= 0.3 is 5.97 Å². The summed E-state index contributed by atoms with van der Waals surface area (Å²) in [6.07, 6.45) is 0.108. The molecule has 6 nitrogen and oxygen atoms in total. The molecule has 0 fully saturated rings. The lowest BCUT2D eigenvalue weighted by molar-refractivity contribution is -0.116. The third-order valence-corrected chi connectivity index (χ3v) is 1.89. The molecule has 16 heavy (non-hydrogen) atoms. The Morgan fingerprint density at radius 3 is 2.62 bits per heavy atom. The summed E-state index contributed by atoms with van der Waals surface area (Å²) in [5, 5.41) is 20.5. The summed E-state index contributed by atoms with van der Waals surface area (Å²) >= 11 is 0. The molecule has 1 rings (SSSR count). The lowest BCUT2D eigenvalue weighted by atomic mass is 10.2. The van der Waals surface area contributed by atoms with Gasteiger partial charge in [-0.1, -0.05) is 0 Å². The fourth-order valence-electron chi connectivity index (χ4n) is 1.11. The Hall–Kier alpha value is -2.08. The quantitative estimate of drug-likeness (QED) is 0.552. The zero-order valence-electron chi connectivity index (χ0n) is 8.43. The van der Waals surface area contributed by atoms with Crippen LogP contribution in [0.5, 0.6) is 5.75 Å². The van der Waals surface area contributed by atoms with Gasteiger partial charge in [0.25, 0.3) is 0 Å². The normalized spacial score (nSPS) is 9.81. The second-order valence-electron chi connectivity index (χ2n) is 3.12. The van der Waals surface area contributed by atoms with E-state index >= 15 is 0 Å². The number of nitrogens with one attached hydrogen (secondary N) is 1. The van der Waals surface area contributed by atoms with Gasteiger partial charge in [0.2, 0.25) is 5.91 Å². The van der Waals surface area contributed by atoms with Crippen molar-refractivity contribution in [2.24, 2.45) is 5.73 Å². The Bertz CT molecular complexity index is 417. The number of aromatic carboxylic acids is 1. The topological polar surface area (TPSA) is 113 Å². The summed E-state index contributed by atoms with van der Waals surface area (Å²) in [6, 6.07) is 3.64. The van der Waals surface area contributed by atoms with Crippen molar-refractivity contribution in [3.63, 3.8) is 0 Å². The highest BCUT2D eigenvalue weighted by atomic mass is 16.4. The summed E-state index contributed by atoms with van der Waals surface area (Å²) in [5.74, 6) is -1.69. The molecule has 0 saturated carbocycles. The second-order valence-corrected chi connectivity index (χ2v) is 3.12. The third kappa shape index (κ3) is 2.96. The number of carboxylic acid groups (broad SMARTS) is 1. The standard InChI is InChI=1S/C10H12N2O4/c11-4-3-9(14)12-7-5-6(10(15)16)1-2-8(7)13/h1-2,5,13H,3-4,11H2,(H,12,14)(H,15,16). The van der Waals surface area contributed by atoms with Crippen LogP contribution in [0.3, 0.4) is 0 Å². The number of hydrogen-bond donors (Lipinski definition) is 4. The zero-order valence-corrected chi connectivity index (χ0v) is 8.43. The van der Waals surface area contributed by atoms with Gasteiger partial charge in [0.05, 0.1) is 11.3 Å². The number of nitrogens with two attached hydrogens (primary N) is 1. The molecular weight excluding hydrogens is 212 g/mol. The third-order valence-electron chi connectivity index (χ3n) is 1.89. The summed E-state index contributed by atoms with van der Waals surface area (Å²) < 4.78 is 0. The average molecular weight is 224 g/mol. The fourth-order valence-corrected chi connectivity index (χ4v) is 1.11. The molecule has 1 aromatic carbocycles. The molecule has 86 valence electrons. The summed E-state index contributed by atoms with van der Waals surface area (Å²) in [4.78, 5) is 21.9. The van der Waals surface area contributed by atoms with Crippen molar-refractivity contribution in [2.45, 2.75) is 6.42 Å². The van der Waals surface area contributed by atoms with Crippen LogP contribution in [0.15, 0.2) is 18.2 Å². The second kappa shape index (κ2) is 5.13. The van der Waals surface area contributed by atoms with Crippen LogP contribution in [0.4, 0.5) is 5.69 Å². The Labute approximate surface area is 91.7 Å². The van der Waals surface area contributed by atoms with Crippen molar-refractivity contribution in [3.8, 4) is 5.75 Å². The first-order chi connectivity index (χ1) is 7.54. The molecule has 0 unspecified atom stereocenters. The number of carbonyl (C=O) groups is 2. The molecule has 5 N–H and O–H groups in total. The Morgan fingerprint density at radius 1 is 1.38 bits per heavy atom. The van der Waals surface area contributed by atoms with Gasteiger partial charge in [-0.05, 0) is 18.2 Å². The molecular formula is C10H12N2O4. The van der Waals surface area contributed by atoms with E-state index in [2.05, 4.69) is 5.32 Å².